The Morgan fingerprint density at radius 1 is 0.441 bits per heavy atom. The Bertz CT molecular complexity index is 1160. The van der Waals surface area contributed by atoms with Crippen LogP contribution in [0.4, 0.5) is 28.9 Å². The van der Waals surface area contributed by atoms with Crippen LogP contribution in [-0.4, -0.2) is 0 Å². The average Bonchev–Trinajstić information content (AvgIpc) is 2.70. The van der Waals surface area contributed by atoms with E-state index in [1.54, 1.807) is 27.7 Å². The molecule has 0 aliphatic carbocycles. The fraction of sp³-hybridized carbons (Fsp3) is 0.214. The first-order valence-corrected chi connectivity index (χ1v) is 11.0. The largest absolute Gasteiger partial charge is 0.262 e. The number of allylic oxidation sites excluding steroid dienone is 6. The molecule has 176 valence electrons. The first-order valence-electron chi connectivity index (χ1n) is 11.0. The number of hydrogen-bond donors (Lipinski definition) is 0. The summed E-state index contributed by atoms with van der Waals surface area (Å²) < 4.78 is 60.6. The molecule has 4 rings (SSSR count). The number of anilines is 2. The van der Waals surface area contributed by atoms with Gasteiger partial charge in [0, 0.05) is 0 Å². The standard InChI is InChI=1S/C28H26F4N2/c1-15-7-17(3)27(18(4)8-15)33-23(29)11-21(12-24(33)30)22-13-25(31)34(26(32)14-22)28-19(5)9-16(2)10-20(28)6/h7-14H,1-6H3. The zero-order chi connectivity index (χ0) is 24.9. The molecular weight excluding hydrogens is 440 g/mol. The van der Waals surface area contributed by atoms with Gasteiger partial charge in [-0.15, -0.1) is 0 Å². The quantitative estimate of drug-likeness (QED) is 0.324. The third-order valence-corrected chi connectivity index (χ3v) is 6.00. The minimum absolute atomic E-state index is 0.0379. The Morgan fingerprint density at radius 2 is 0.676 bits per heavy atom. The maximum atomic E-state index is 15.2. The van der Waals surface area contributed by atoms with E-state index in [-0.39, 0.29) is 11.1 Å². The van der Waals surface area contributed by atoms with E-state index in [2.05, 4.69) is 0 Å². The smallest absolute Gasteiger partial charge is 0.201 e. The summed E-state index contributed by atoms with van der Waals surface area (Å²) >= 11 is 0. The maximum absolute atomic E-state index is 15.2. The van der Waals surface area contributed by atoms with Crippen LogP contribution < -0.4 is 9.80 Å². The van der Waals surface area contributed by atoms with Crippen LogP contribution in [0.5, 0.6) is 0 Å². The summed E-state index contributed by atoms with van der Waals surface area (Å²) in [5.74, 6) is -3.47. The molecule has 6 heteroatoms. The summed E-state index contributed by atoms with van der Waals surface area (Å²) in [7, 11) is 0. The average molecular weight is 467 g/mol. The maximum Gasteiger partial charge on any atom is 0.201 e. The van der Waals surface area contributed by atoms with Gasteiger partial charge in [-0.05, 0) is 99.2 Å². The van der Waals surface area contributed by atoms with Gasteiger partial charge in [-0.2, -0.15) is 17.6 Å². The van der Waals surface area contributed by atoms with Gasteiger partial charge < -0.3 is 0 Å². The van der Waals surface area contributed by atoms with E-state index >= 15 is 17.6 Å². The van der Waals surface area contributed by atoms with Crippen LogP contribution in [0.15, 0.2) is 83.5 Å². The van der Waals surface area contributed by atoms with Crippen LogP contribution in [-0.2, 0) is 0 Å². The summed E-state index contributed by atoms with van der Waals surface area (Å²) in [6.07, 6.45) is 4.34. The second kappa shape index (κ2) is 8.67. The molecule has 0 radical (unpaired) electrons. The zero-order valence-corrected chi connectivity index (χ0v) is 20.0. The van der Waals surface area contributed by atoms with Gasteiger partial charge in [-0.25, -0.2) is 0 Å². The predicted octanol–water partition coefficient (Wildman–Crippen LogP) is 8.42. The third-order valence-electron chi connectivity index (χ3n) is 6.00. The Hall–Kier alpha value is -3.54. The van der Waals surface area contributed by atoms with E-state index in [9.17, 15) is 0 Å². The van der Waals surface area contributed by atoms with E-state index in [1.165, 1.54) is 0 Å². The third kappa shape index (κ3) is 4.09. The lowest BCUT2D eigenvalue weighted by Gasteiger charge is -2.29. The minimum Gasteiger partial charge on any atom is -0.262 e. The van der Waals surface area contributed by atoms with Crippen molar-refractivity contribution in [3.8, 4) is 0 Å². The highest BCUT2D eigenvalue weighted by Gasteiger charge is 2.29. The zero-order valence-electron chi connectivity index (χ0n) is 20.0. The molecule has 0 bridgehead atoms. The van der Waals surface area contributed by atoms with Crippen LogP contribution in [0.25, 0.3) is 0 Å². The lowest BCUT2D eigenvalue weighted by Crippen LogP contribution is -2.24. The van der Waals surface area contributed by atoms with Gasteiger partial charge in [0.25, 0.3) is 0 Å². The molecule has 2 aliphatic rings. The molecule has 0 spiro atoms. The molecule has 0 unspecified atom stereocenters. The normalized spacial score (nSPS) is 16.4. The van der Waals surface area contributed by atoms with Gasteiger partial charge in [0.05, 0.1) is 11.4 Å². The molecule has 2 aliphatic heterocycles. The Labute approximate surface area is 197 Å². The predicted molar refractivity (Wildman–Crippen MR) is 130 cm³/mol. The molecular formula is C28H26F4N2. The first kappa shape index (κ1) is 23.6. The molecule has 0 fully saturated rings. The number of aryl methyl sites for hydroxylation is 6. The molecule has 2 aromatic rings. The number of halogens is 4. The van der Waals surface area contributed by atoms with Gasteiger partial charge in [-0.1, -0.05) is 35.4 Å². The number of benzene rings is 2. The number of hydrogen-bond acceptors (Lipinski definition) is 2. The molecule has 2 nitrogen and oxygen atoms in total. The van der Waals surface area contributed by atoms with E-state index in [4.69, 9.17) is 0 Å². The van der Waals surface area contributed by atoms with E-state index in [0.29, 0.717) is 11.4 Å². The van der Waals surface area contributed by atoms with Crippen LogP contribution in [0.2, 0.25) is 0 Å². The lowest BCUT2D eigenvalue weighted by molar-refractivity contribution is 0.528. The van der Waals surface area contributed by atoms with Crippen molar-refractivity contribution in [1.82, 2.24) is 0 Å². The summed E-state index contributed by atoms with van der Waals surface area (Å²) in [5.41, 5.74) is 5.72. The highest BCUT2D eigenvalue weighted by atomic mass is 19.2. The molecule has 0 atom stereocenters. The SMILES string of the molecule is Cc1cc(C)c(N2C(F)=CC(=C3C=C(F)N(c4c(C)cc(C)cc4C)C(F)=C3)C=C2F)c(C)c1. The summed E-state index contributed by atoms with van der Waals surface area (Å²) in [4.78, 5) is 1.75. The van der Waals surface area contributed by atoms with E-state index in [0.717, 1.165) is 67.5 Å². The Morgan fingerprint density at radius 3 is 0.912 bits per heavy atom. The molecule has 0 N–H and O–H groups in total. The van der Waals surface area contributed by atoms with Crippen molar-refractivity contribution in [2.75, 3.05) is 9.80 Å². The summed E-state index contributed by atoms with van der Waals surface area (Å²) in [6, 6.07) is 7.38. The molecule has 2 aromatic carbocycles. The number of rotatable bonds is 2. The summed E-state index contributed by atoms with van der Waals surface area (Å²) in [5, 5.41) is 0. The van der Waals surface area contributed by atoms with Crippen molar-refractivity contribution in [3.05, 3.63) is 117 Å². The van der Waals surface area contributed by atoms with Gasteiger partial charge >= 0.3 is 0 Å². The first-order chi connectivity index (χ1) is 16.0. The van der Waals surface area contributed by atoms with Gasteiger partial charge in [0.2, 0.25) is 23.8 Å². The van der Waals surface area contributed by atoms with Crippen LogP contribution in [0.1, 0.15) is 33.4 Å². The molecule has 0 amide bonds. The summed E-state index contributed by atoms with van der Waals surface area (Å²) in [6.45, 7) is 11.0. The number of nitrogens with zero attached hydrogens (tertiary/aromatic N) is 2. The van der Waals surface area contributed by atoms with Crippen molar-refractivity contribution in [2.24, 2.45) is 0 Å². The second-order valence-electron chi connectivity index (χ2n) is 8.94. The van der Waals surface area contributed by atoms with Crippen molar-refractivity contribution < 1.29 is 17.6 Å². The molecule has 0 aromatic heterocycles. The Balaban J connectivity index is 1.76. The Kier molecular flexibility index (Phi) is 6.02. The van der Waals surface area contributed by atoms with Gasteiger partial charge in [0.15, 0.2) is 0 Å². The van der Waals surface area contributed by atoms with Gasteiger partial charge in [0.1, 0.15) is 0 Å². The van der Waals surface area contributed by atoms with Crippen LogP contribution >= 0.6 is 0 Å². The topological polar surface area (TPSA) is 6.48 Å². The monoisotopic (exact) mass is 466 g/mol. The molecule has 0 saturated carbocycles. The van der Waals surface area contributed by atoms with Crippen LogP contribution in [0.3, 0.4) is 0 Å². The van der Waals surface area contributed by atoms with E-state index in [1.807, 2.05) is 38.1 Å². The lowest BCUT2D eigenvalue weighted by atomic mass is 10.00. The van der Waals surface area contributed by atoms with Crippen molar-refractivity contribution >= 4 is 11.4 Å². The fourth-order valence-electron chi connectivity index (χ4n) is 4.87. The van der Waals surface area contributed by atoms with Crippen molar-refractivity contribution in [2.45, 2.75) is 41.5 Å². The minimum atomic E-state index is -0.868. The molecule has 0 saturated heterocycles. The van der Waals surface area contributed by atoms with Crippen LogP contribution in [0, 0.1) is 41.5 Å². The fourth-order valence-corrected chi connectivity index (χ4v) is 4.87. The molecule has 34 heavy (non-hydrogen) atoms. The second-order valence-corrected chi connectivity index (χ2v) is 8.94. The highest BCUT2D eigenvalue weighted by Crippen LogP contribution is 2.40. The van der Waals surface area contributed by atoms with E-state index < -0.39 is 23.8 Å². The van der Waals surface area contributed by atoms with Gasteiger partial charge in [-0.3, -0.25) is 9.80 Å². The molecule has 2 heterocycles. The van der Waals surface area contributed by atoms with Crippen molar-refractivity contribution in [1.29, 1.82) is 0 Å². The highest BCUT2D eigenvalue weighted by molar-refractivity contribution is 5.71. The van der Waals surface area contributed by atoms with Crippen molar-refractivity contribution in [3.63, 3.8) is 0 Å².